The van der Waals surface area contributed by atoms with Crippen molar-refractivity contribution in [1.29, 1.82) is 0 Å². The monoisotopic (exact) mass is 524 g/mol. The smallest absolute Gasteiger partial charge is 0.188 e. The lowest BCUT2D eigenvalue weighted by Crippen LogP contribution is -1.93. The summed E-state index contributed by atoms with van der Waals surface area (Å²) in [6.45, 7) is 7.42. The van der Waals surface area contributed by atoms with Crippen LogP contribution in [0.2, 0.25) is 0 Å². The SMILES string of the molecule is [C-]#[N+]c1ccc2oc3ccc(-c4ccc5c(c4)c4ccccc4n5-c4ccc5oc6ccccc6c5c4)cc3c2c1. The van der Waals surface area contributed by atoms with Crippen molar-refractivity contribution < 1.29 is 8.83 Å². The summed E-state index contributed by atoms with van der Waals surface area (Å²) in [6, 6.07) is 41.8. The number of fused-ring (bicyclic) bond motifs is 9. The fraction of sp³-hybridized carbons (Fsp3) is 0. The quantitative estimate of drug-likeness (QED) is 0.211. The number of furan rings is 2. The van der Waals surface area contributed by atoms with E-state index in [4.69, 9.17) is 15.4 Å². The second-order valence-electron chi connectivity index (χ2n) is 10.5. The van der Waals surface area contributed by atoms with Gasteiger partial charge in [-0.25, -0.2) is 4.85 Å². The van der Waals surface area contributed by atoms with Crippen LogP contribution in [0.4, 0.5) is 5.69 Å². The molecular weight excluding hydrogens is 504 g/mol. The first kappa shape index (κ1) is 22.1. The zero-order valence-electron chi connectivity index (χ0n) is 21.8. The van der Waals surface area contributed by atoms with E-state index in [0.29, 0.717) is 5.69 Å². The molecule has 0 unspecified atom stereocenters. The van der Waals surface area contributed by atoms with Gasteiger partial charge in [-0.15, -0.1) is 0 Å². The first-order valence-electron chi connectivity index (χ1n) is 13.5. The first-order valence-corrected chi connectivity index (χ1v) is 13.5. The Morgan fingerprint density at radius 2 is 1.05 bits per heavy atom. The summed E-state index contributed by atoms with van der Waals surface area (Å²) in [4.78, 5) is 3.61. The lowest BCUT2D eigenvalue weighted by atomic mass is 10.0. The Morgan fingerprint density at radius 3 is 1.88 bits per heavy atom. The molecule has 4 nitrogen and oxygen atoms in total. The molecule has 0 saturated heterocycles. The van der Waals surface area contributed by atoms with Gasteiger partial charge >= 0.3 is 0 Å². The first-order chi connectivity index (χ1) is 20.2. The van der Waals surface area contributed by atoms with Gasteiger partial charge in [-0.2, -0.15) is 0 Å². The number of benzene rings is 6. The third-order valence-corrected chi connectivity index (χ3v) is 8.21. The highest BCUT2D eigenvalue weighted by Crippen LogP contribution is 2.39. The fourth-order valence-electron chi connectivity index (χ4n) is 6.30. The van der Waals surface area contributed by atoms with Crippen LogP contribution in [-0.4, -0.2) is 4.57 Å². The number of nitrogens with zero attached hydrogens (tertiary/aromatic N) is 2. The van der Waals surface area contributed by atoms with Crippen molar-refractivity contribution in [2.45, 2.75) is 0 Å². The maximum atomic E-state index is 7.42. The second-order valence-corrected chi connectivity index (χ2v) is 10.5. The van der Waals surface area contributed by atoms with Crippen molar-refractivity contribution in [2.75, 3.05) is 0 Å². The number of rotatable bonds is 2. The molecule has 0 N–H and O–H groups in total. The van der Waals surface area contributed by atoms with Gasteiger partial charge < -0.3 is 13.4 Å². The Balaban J connectivity index is 1.26. The summed E-state index contributed by atoms with van der Waals surface area (Å²) >= 11 is 0. The Kier molecular flexibility index (Phi) is 4.37. The van der Waals surface area contributed by atoms with Gasteiger partial charge in [-0.05, 0) is 77.9 Å². The standard InChI is InChI=1S/C37H20N2O2/c1-38-24-12-16-36-30(20-24)29-19-23(11-15-35(29)41-36)22-10-14-33-28(18-22)26-6-2-4-8-32(26)39(33)25-13-17-37-31(21-25)27-7-3-5-9-34(27)40-37/h2-21H. The minimum atomic E-state index is 0.612. The topological polar surface area (TPSA) is 35.6 Å². The summed E-state index contributed by atoms with van der Waals surface area (Å²) < 4.78 is 14.5. The molecule has 0 spiro atoms. The van der Waals surface area contributed by atoms with E-state index in [2.05, 4.69) is 94.3 Å². The molecule has 0 amide bonds. The van der Waals surface area contributed by atoms with Crippen molar-refractivity contribution in [2.24, 2.45) is 0 Å². The minimum absolute atomic E-state index is 0.612. The molecule has 4 heteroatoms. The maximum absolute atomic E-state index is 7.42. The molecule has 3 heterocycles. The predicted molar refractivity (Wildman–Crippen MR) is 167 cm³/mol. The van der Waals surface area contributed by atoms with Crippen molar-refractivity contribution in [3.05, 3.63) is 133 Å². The largest absolute Gasteiger partial charge is 0.456 e. The lowest BCUT2D eigenvalue weighted by Gasteiger charge is -2.09. The van der Waals surface area contributed by atoms with Crippen molar-refractivity contribution in [3.63, 3.8) is 0 Å². The van der Waals surface area contributed by atoms with Crippen LogP contribution in [0, 0.1) is 6.57 Å². The Hall–Kier alpha value is -5.79. The Morgan fingerprint density at radius 1 is 0.463 bits per heavy atom. The number of hydrogen-bond donors (Lipinski definition) is 0. The molecule has 9 rings (SSSR count). The van der Waals surface area contributed by atoms with Crippen LogP contribution in [0.5, 0.6) is 0 Å². The minimum Gasteiger partial charge on any atom is -0.456 e. The highest BCUT2D eigenvalue weighted by atomic mass is 16.3. The summed E-state index contributed by atoms with van der Waals surface area (Å²) in [7, 11) is 0. The number of para-hydroxylation sites is 2. The highest BCUT2D eigenvalue weighted by Gasteiger charge is 2.16. The zero-order chi connectivity index (χ0) is 27.1. The molecule has 0 saturated carbocycles. The van der Waals surface area contributed by atoms with Crippen LogP contribution >= 0.6 is 0 Å². The molecule has 190 valence electrons. The van der Waals surface area contributed by atoms with Crippen molar-refractivity contribution >= 4 is 71.4 Å². The van der Waals surface area contributed by atoms with Gasteiger partial charge in [0.05, 0.1) is 17.6 Å². The van der Waals surface area contributed by atoms with Crippen LogP contribution < -0.4 is 0 Å². The van der Waals surface area contributed by atoms with Crippen LogP contribution in [-0.2, 0) is 0 Å². The molecule has 0 aliphatic carbocycles. The van der Waals surface area contributed by atoms with E-state index in [1.165, 1.54) is 10.8 Å². The molecule has 0 bridgehead atoms. The van der Waals surface area contributed by atoms with E-state index >= 15 is 0 Å². The third-order valence-electron chi connectivity index (χ3n) is 8.21. The molecule has 0 radical (unpaired) electrons. The molecule has 0 atom stereocenters. The second kappa shape index (κ2) is 8.11. The van der Waals surface area contributed by atoms with Gasteiger partial charge in [0.2, 0.25) is 0 Å². The molecular formula is C37H20N2O2. The Labute approximate surface area is 234 Å². The highest BCUT2D eigenvalue weighted by molar-refractivity contribution is 6.12. The summed E-state index contributed by atoms with van der Waals surface area (Å²) in [6.07, 6.45) is 0. The van der Waals surface area contributed by atoms with Gasteiger partial charge in [-0.1, -0.05) is 54.6 Å². The van der Waals surface area contributed by atoms with Gasteiger partial charge in [0.25, 0.3) is 0 Å². The summed E-state index contributed by atoms with van der Waals surface area (Å²) in [5.41, 5.74) is 9.69. The average molecular weight is 525 g/mol. The van der Waals surface area contributed by atoms with Gasteiger partial charge in [0.1, 0.15) is 22.3 Å². The van der Waals surface area contributed by atoms with Gasteiger partial charge in [-0.3, -0.25) is 0 Å². The van der Waals surface area contributed by atoms with E-state index in [1.807, 2.05) is 30.3 Å². The van der Waals surface area contributed by atoms with E-state index in [0.717, 1.165) is 71.7 Å². The van der Waals surface area contributed by atoms with Crippen LogP contribution in [0.3, 0.4) is 0 Å². The summed E-state index contributed by atoms with van der Waals surface area (Å²) in [5, 5.41) is 6.63. The van der Waals surface area contributed by atoms with Crippen molar-refractivity contribution in [3.8, 4) is 16.8 Å². The molecule has 6 aromatic carbocycles. The third kappa shape index (κ3) is 3.15. The van der Waals surface area contributed by atoms with Crippen LogP contribution in [0.1, 0.15) is 0 Å². The molecule has 3 aromatic heterocycles. The van der Waals surface area contributed by atoms with E-state index in [9.17, 15) is 0 Å². The predicted octanol–water partition coefficient (Wildman–Crippen LogP) is 10.8. The summed E-state index contributed by atoms with van der Waals surface area (Å²) in [5.74, 6) is 0. The van der Waals surface area contributed by atoms with E-state index in [-0.39, 0.29) is 0 Å². The molecule has 0 aliphatic heterocycles. The van der Waals surface area contributed by atoms with Gasteiger partial charge in [0.15, 0.2) is 5.69 Å². The van der Waals surface area contributed by atoms with E-state index in [1.54, 1.807) is 6.07 Å². The number of hydrogen-bond acceptors (Lipinski definition) is 2. The lowest BCUT2D eigenvalue weighted by molar-refractivity contribution is 0.668. The molecule has 0 aliphatic rings. The van der Waals surface area contributed by atoms with Crippen LogP contribution in [0.25, 0.3) is 87.3 Å². The number of aromatic nitrogens is 1. The Bertz CT molecular complexity index is 2550. The van der Waals surface area contributed by atoms with Crippen molar-refractivity contribution in [1.82, 2.24) is 4.57 Å². The molecule has 41 heavy (non-hydrogen) atoms. The fourth-order valence-corrected chi connectivity index (χ4v) is 6.30. The average Bonchev–Trinajstić information content (AvgIpc) is 3.69. The van der Waals surface area contributed by atoms with Gasteiger partial charge in [0, 0.05) is 38.0 Å². The molecule has 0 fully saturated rings. The van der Waals surface area contributed by atoms with E-state index < -0.39 is 0 Å². The maximum Gasteiger partial charge on any atom is 0.188 e. The zero-order valence-corrected chi connectivity index (χ0v) is 21.8. The van der Waals surface area contributed by atoms with Crippen LogP contribution in [0.15, 0.2) is 130 Å². The normalized spacial score (nSPS) is 11.9. The molecule has 9 aromatic rings.